The maximum absolute atomic E-state index is 13.5. The van der Waals surface area contributed by atoms with Crippen LogP contribution in [0.25, 0.3) is 11.1 Å². The molecule has 0 saturated carbocycles. The molecule has 1 fully saturated rings. The van der Waals surface area contributed by atoms with Crippen LogP contribution in [-0.2, 0) is 30.4 Å². The summed E-state index contributed by atoms with van der Waals surface area (Å²) in [4.78, 5) is 38.8. The second-order valence-electron chi connectivity index (χ2n) is 10.4. The van der Waals surface area contributed by atoms with Crippen molar-refractivity contribution in [2.75, 3.05) is 19.8 Å². The Kier molecular flexibility index (Phi) is 8.66. The molecule has 2 atom stereocenters. The quantitative estimate of drug-likeness (QED) is 0.340. The number of rotatable bonds is 10. The van der Waals surface area contributed by atoms with Crippen LogP contribution < -0.4 is 10.6 Å². The van der Waals surface area contributed by atoms with Gasteiger partial charge in [-0.05, 0) is 34.7 Å². The van der Waals surface area contributed by atoms with Crippen LogP contribution in [0.4, 0.5) is 4.79 Å². The lowest BCUT2D eigenvalue weighted by Gasteiger charge is -2.36. The molecule has 1 heterocycles. The molecule has 3 N–H and O–H groups in total. The van der Waals surface area contributed by atoms with Crippen LogP contribution in [-0.4, -0.2) is 60.6 Å². The lowest BCUT2D eigenvalue weighted by molar-refractivity contribution is -0.153. The first-order valence-electron chi connectivity index (χ1n) is 13.8. The van der Waals surface area contributed by atoms with Crippen molar-refractivity contribution >= 4 is 18.0 Å². The third-order valence-corrected chi connectivity index (χ3v) is 7.84. The van der Waals surface area contributed by atoms with E-state index in [0.29, 0.717) is 0 Å². The van der Waals surface area contributed by atoms with Gasteiger partial charge in [-0.2, -0.15) is 0 Å². The number of carbonyl (C=O) groups is 3. The molecular weight excluding hydrogens is 524 g/mol. The second-order valence-corrected chi connectivity index (χ2v) is 10.4. The SMILES string of the molecule is C[C@H](OCc1ccccc1)[C@@H](NC(=O)OCC1c2ccccc2-c2ccccc21)C(=O)NC1(C(=O)O)CCOCC1. The summed E-state index contributed by atoms with van der Waals surface area (Å²) in [6.07, 6.45) is -1.35. The van der Waals surface area contributed by atoms with Gasteiger partial charge in [0.05, 0.1) is 12.7 Å². The highest BCUT2D eigenvalue weighted by Gasteiger charge is 2.44. The smallest absolute Gasteiger partial charge is 0.407 e. The number of benzene rings is 3. The third-order valence-electron chi connectivity index (χ3n) is 7.84. The highest BCUT2D eigenvalue weighted by atomic mass is 16.5. The number of aliphatic carboxylic acids is 1. The van der Waals surface area contributed by atoms with E-state index in [1.54, 1.807) is 6.92 Å². The molecule has 0 radical (unpaired) electrons. The molecule has 0 aromatic heterocycles. The standard InChI is InChI=1S/C32H34N2O7/c1-21(40-19-22-9-3-2-4-10-22)28(29(35)34-32(30(36)37)15-17-39-18-16-32)33-31(38)41-20-27-25-13-7-5-11-23(25)24-12-6-8-14-26(24)27/h2-14,21,27-28H,15-20H2,1H3,(H,33,38)(H,34,35)(H,36,37)/t21-,28+/m0/s1. The molecule has 1 aliphatic heterocycles. The first-order valence-corrected chi connectivity index (χ1v) is 13.8. The highest BCUT2D eigenvalue weighted by Crippen LogP contribution is 2.44. The van der Waals surface area contributed by atoms with Gasteiger partial charge in [-0.1, -0.05) is 78.9 Å². The number of alkyl carbamates (subject to hydrolysis) is 1. The van der Waals surface area contributed by atoms with Gasteiger partial charge in [-0.25, -0.2) is 9.59 Å². The molecule has 0 bridgehead atoms. The average Bonchev–Trinajstić information content (AvgIpc) is 3.32. The third kappa shape index (κ3) is 6.26. The van der Waals surface area contributed by atoms with E-state index in [0.717, 1.165) is 27.8 Å². The van der Waals surface area contributed by atoms with Crippen molar-refractivity contribution in [3.8, 4) is 11.1 Å². The second kappa shape index (κ2) is 12.5. The Morgan fingerprint density at radius 2 is 1.51 bits per heavy atom. The van der Waals surface area contributed by atoms with Crippen molar-refractivity contribution in [2.45, 2.75) is 50.0 Å². The molecule has 2 aliphatic rings. The van der Waals surface area contributed by atoms with Gasteiger partial charge < -0.3 is 30.0 Å². The number of ether oxygens (including phenoxy) is 3. The van der Waals surface area contributed by atoms with Crippen LogP contribution in [0, 0.1) is 0 Å². The maximum Gasteiger partial charge on any atom is 0.407 e. The zero-order valence-electron chi connectivity index (χ0n) is 22.9. The van der Waals surface area contributed by atoms with E-state index in [2.05, 4.69) is 22.8 Å². The maximum atomic E-state index is 13.5. The van der Waals surface area contributed by atoms with Crippen molar-refractivity contribution in [1.82, 2.24) is 10.6 Å². The molecule has 5 rings (SSSR count). The summed E-state index contributed by atoms with van der Waals surface area (Å²) in [6.45, 7) is 2.35. The van der Waals surface area contributed by atoms with Gasteiger partial charge in [0, 0.05) is 32.0 Å². The van der Waals surface area contributed by atoms with Crippen molar-refractivity contribution in [1.29, 1.82) is 0 Å². The Hall–Kier alpha value is -4.21. The minimum Gasteiger partial charge on any atom is -0.480 e. The number of carboxylic acids is 1. The average molecular weight is 559 g/mol. The molecule has 214 valence electrons. The molecule has 9 heteroatoms. The van der Waals surface area contributed by atoms with Gasteiger partial charge in [0.2, 0.25) is 5.91 Å². The van der Waals surface area contributed by atoms with Crippen LogP contribution in [0.2, 0.25) is 0 Å². The number of fused-ring (bicyclic) bond motifs is 3. The Morgan fingerprint density at radius 1 is 0.927 bits per heavy atom. The summed E-state index contributed by atoms with van der Waals surface area (Å²) < 4.78 is 17.0. The number of hydrogen-bond donors (Lipinski definition) is 3. The first-order chi connectivity index (χ1) is 19.9. The van der Waals surface area contributed by atoms with Crippen LogP contribution in [0.15, 0.2) is 78.9 Å². The number of carboxylic acid groups (broad SMARTS) is 1. The lowest BCUT2D eigenvalue weighted by atomic mass is 9.89. The van der Waals surface area contributed by atoms with Crippen LogP contribution in [0.3, 0.4) is 0 Å². The van der Waals surface area contributed by atoms with E-state index in [9.17, 15) is 19.5 Å². The van der Waals surface area contributed by atoms with Gasteiger partial charge in [0.15, 0.2) is 0 Å². The van der Waals surface area contributed by atoms with Gasteiger partial charge in [-0.15, -0.1) is 0 Å². The molecular formula is C32H34N2O7. The van der Waals surface area contributed by atoms with E-state index in [1.165, 1.54) is 0 Å². The Morgan fingerprint density at radius 3 is 2.12 bits per heavy atom. The summed E-state index contributed by atoms with van der Waals surface area (Å²) in [5, 5.41) is 15.3. The number of amides is 2. The molecule has 2 amide bonds. The Balaban J connectivity index is 1.30. The summed E-state index contributed by atoms with van der Waals surface area (Å²) >= 11 is 0. The Bertz CT molecular complexity index is 1340. The van der Waals surface area contributed by atoms with Crippen molar-refractivity contribution in [3.05, 3.63) is 95.6 Å². The van der Waals surface area contributed by atoms with Gasteiger partial charge in [-0.3, -0.25) is 4.79 Å². The predicted molar refractivity (Wildman–Crippen MR) is 151 cm³/mol. The molecule has 3 aromatic rings. The molecule has 9 nitrogen and oxygen atoms in total. The van der Waals surface area contributed by atoms with Gasteiger partial charge >= 0.3 is 12.1 Å². The van der Waals surface area contributed by atoms with Gasteiger partial charge in [0.1, 0.15) is 18.2 Å². The van der Waals surface area contributed by atoms with E-state index in [1.807, 2.05) is 66.7 Å². The lowest BCUT2D eigenvalue weighted by Crippen LogP contribution is -2.63. The van der Waals surface area contributed by atoms with Crippen LogP contribution in [0.1, 0.15) is 42.4 Å². The number of nitrogens with one attached hydrogen (secondary N) is 2. The normalized spacial score (nSPS) is 17.0. The van der Waals surface area contributed by atoms with E-state index in [-0.39, 0.29) is 45.2 Å². The molecule has 1 aliphatic carbocycles. The summed E-state index contributed by atoms with van der Waals surface area (Å²) in [5.41, 5.74) is 3.75. The predicted octanol–water partition coefficient (Wildman–Crippen LogP) is 4.25. The van der Waals surface area contributed by atoms with Gasteiger partial charge in [0.25, 0.3) is 0 Å². The molecule has 0 unspecified atom stereocenters. The van der Waals surface area contributed by atoms with Crippen molar-refractivity contribution < 1.29 is 33.7 Å². The van der Waals surface area contributed by atoms with Crippen molar-refractivity contribution in [2.24, 2.45) is 0 Å². The summed E-state index contributed by atoms with van der Waals surface area (Å²) in [6, 6.07) is 24.3. The molecule has 0 spiro atoms. The molecule has 41 heavy (non-hydrogen) atoms. The summed E-state index contributed by atoms with van der Waals surface area (Å²) in [5.74, 6) is -1.96. The zero-order valence-corrected chi connectivity index (χ0v) is 22.9. The minimum absolute atomic E-state index is 0.0733. The minimum atomic E-state index is -1.49. The summed E-state index contributed by atoms with van der Waals surface area (Å²) in [7, 11) is 0. The zero-order chi connectivity index (χ0) is 28.8. The largest absolute Gasteiger partial charge is 0.480 e. The molecule has 1 saturated heterocycles. The van der Waals surface area contributed by atoms with E-state index >= 15 is 0 Å². The highest BCUT2D eigenvalue weighted by molar-refractivity contribution is 5.92. The number of hydrogen-bond acceptors (Lipinski definition) is 6. The topological polar surface area (TPSA) is 123 Å². The fraction of sp³-hybridized carbons (Fsp3) is 0.344. The Labute approximate surface area is 238 Å². The van der Waals surface area contributed by atoms with Crippen LogP contribution >= 0.6 is 0 Å². The monoisotopic (exact) mass is 558 g/mol. The van der Waals surface area contributed by atoms with E-state index < -0.39 is 35.7 Å². The van der Waals surface area contributed by atoms with E-state index in [4.69, 9.17) is 14.2 Å². The fourth-order valence-corrected chi connectivity index (χ4v) is 5.49. The fourth-order valence-electron chi connectivity index (χ4n) is 5.49. The molecule has 3 aromatic carbocycles. The van der Waals surface area contributed by atoms with Crippen molar-refractivity contribution in [3.63, 3.8) is 0 Å². The van der Waals surface area contributed by atoms with Crippen LogP contribution in [0.5, 0.6) is 0 Å². The first kappa shape index (κ1) is 28.3. The number of carbonyl (C=O) groups excluding carboxylic acids is 2.